The largest absolute Gasteiger partial charge is 0.444 e. The van der Waals surface area contributed by atoms with Crippen LogP contribution in [0.4, 0.5) is 4.79 Å². The molecule has 1 fully saturated rings. The van der Waals surface area contributed by atoms with E-state index in [2.05, 4.69) is 11.4 Å². The number of carbonyl (C=O) groups is 1. The van der Waals surface area contributed by atoms with E-state index in [0.29, 0.717) is 0 Å². The summed E-state index contributed by atoms with van der Waals surface area (Å²) in [6.07, 6.45) is 12.0. The topological polar surface area (TPSA) is 41.6 Å². The number of piperidine rings is 1. The van der Waals surface area contributed by atoms with Gasteiger partial charge in [-0.2, -0.15) is 0 Å². The summed E-state index contributed by atoms with van der Waals surface area (Å²) in [4.78, 5) is 14.3. The lowest BCUT2D eigenvalue weighted by molar-refractivity contribution is 0.00999. The maximum Gasteiger partial charge on any atom is 0.410 e. The monoisotopic (exact) mass is 322 g/mol. The van der Waals surface area contributed by atoms with E-state index in [1.54, 1.807) is 5.57 Å². The zero-order valence-corrected chi connectivity index (χ0v) is 15.2. The first-order valence-electron chi connectivity index (χ1n) is 9.34. The number of carbonyl (C=O) groups excluding carboxylic acids is 1. The van der Waals surface area contributed by atoms with Crippen LogP contribution >= 0.6 is 0 Å². The molecule has 132 valence electrons. The number of nitrogens with zero attached hydrogens (tertiary/aromatic N) is 1. The van der Waals surface area contributed by atoms with Crippen molar-refractivity contribution in [2.45, 2.75) is 83.8 Å². The highest BCUT2D eigenvalue weighted by Crippen LogP contribution is 2.21. The quantitative estimate of drug-likeness (QED) is 0.607. The van der Waals surface area contributed by atoms with Gasteiger partial charge < -0.3 is 15.0 Å². The van der Waals surface area contributed by atoms with Crippen LogP contribution in [0.1, 0.15) is 72.1 Å². The van der Waals surface area contributed by atoms with Crippen LogP contribution < -0.4 is 5.32 Å². The van der Waals surface area contributed by atoms with Crippen molar-refractivity contribution in [3.8, 4) is 0 Å². The fraction of sp³-hybridized carbons (Fsp3) is 0.842. The Morgan fingerprint density at radius 3 is 2.83 bits per heavy atom. The summed E-state index contributed by atoms with van der Waals surface area (Å²) in [7, 11) is 0. The van der Waals surface area contributed by atoms with Gasteiger partial charge in [-0.1, -0.05) is 11.6 Å². The molecule has 0 aromatic rings. The highest BCUT2D eigenvalue weighted by atomic mass is 16.6. The average Bonchev–Trinajstić information content (AvgIpc) is 2.51. The molecule has 1 saturated heterocycles. The molecular formula is C19H34N2O2. The number of rotatable bonds is 5. The molecule has 0 aromatic carbocycles. The van der Waals surface area contributed by atoms with Crippen molar-refractivity contribution in [1.29, 1.82) is 0 Å². The normalized spacial score (nSPS) is 22.7. The maximum absolute atomic E-state index is 12.4. The maximum atomic E-state index is 12.4. The molecule has 2 aliphatic rings. The molecule has 1 amide bonds. The van der Waals surface area contributed by atoms with Crippen molar-refractivity contribution in [2.24, 2.45) is 0 Å². The lowest BCUT2D eigenvalue weighted by Gasteiger charge is -2.37. The Morgan fingerprint density at radius 2 is 2.13 bits per heavy atom. The van der Waals surface area contributed by atoms with E-state index >= 15 is 0 Å². The summed E-state index contributed by atoms with van der Waals surface area (Å²) < 4.78 is 5.56. The van der Waals surface area contributed by atoms with E-state index in [1.165, 1.54) is 32.1 Å². The Balaban J connectivity index is 1.74. The van der Waals surface area contributed by atoms with Crippen LogP contribution in [0.15, 0.2) is 11.6 Å². The highest BCUT2D eigenvalue weighted by molar-refractivity contribution is 5.68. The number of ether oxygens (including phenoxy) is 1. The standard InChI is InChI=1S/C19H34N2O2/c1-19(2,3)23-18(22)21-14-8-7-11-17(21)15-20-13-12-16-9-5-4-6-10-16/h9,17,20H,4-8,10-15H2,1-3H3. The van der Waals surface area contributed by atoms with Gasteiger partial charge in [-0.15, -0.1) is 0 Å². The van der Waals surface area contributed by atoms with Gasteiger partial charge >= 0.3 is 6.09 Å². The molecule has 4 nitrogen and oxygen atoms in total. The third-order valence-corrected chi connectivity index (χ3v) is 4.64. The molecule has 0 aromatic heterocycles. The van der Waals surface area contributed by atoms with E-state index in [1.807, 2.05) is 25.7 Å². The number of likely N-dealkylation sites (tertiary alicyclic amines) is 1. The summed E-state index contributed by atoms with van der Waals surface area (Å²) >= 11 is 0. The first kappa shape index (κ1) is 18.3. The summed E-state index contributed by atoms with van der Waals surface area (Å²) in [6.45, 7) is 8.52. The Morgan fingerprint density at radius 1 is 1.30 bits per heavy atom. The SMILES string of the molecule is CC(C)(C)OC(=O)N1CCCCC1CNCCC1=CCCCC1. The zero-order chi connectivity index (χ0) is 16.7. The second kappa shape index (κ2) is 8.72. The van der Waals surface area contributed by atoms with Gasteiger partial charge in [0.1, 0.15) is 5.60 Å². The number of hydrogen-bond donors (Lipinski definition) is 1. The molecule has 0 spiro atoms. The molecule has 4 heteroatoms. The van der Waals surface area contributed by atoms with Gasteiger partial charge in [-0.25, -0.2) is 4.79 Å². The van der Waals surface area contributed by atoms with Crippen molar-refractivity contribution in [1.82, 2.24) is 10.2 Å². The van der Waals surface area contributed by atoms with Gasteiger partial charge in [0.2, 0.25) is 0 Å². The average molecular weight is 322 g/mol. The third kappa shape index (κ3) is 6.54. The molecule has 0 saturated carbocycles. The van der Waals surface area contributed by atoms with Crippen LogP contribution in [0.5, 0.6) is 0 Å². The lowest BCUT2D eigenvalue weighted by Crippen LogP contribution is -2.50. The molecular weight excluding hydrogens is 288 g/mol. The van der Waals surface area contributed by atoms with Crippen LogP contribution in [0.25, 0.3) is 0 Å². The van der Waals surface area contributed by atoms with Crippen molar-refractivity contribution < 1.29 is 9.53 Å². The lowest BCUT2D eigenvalue weighted by atomic mass is 9.97. The third-order valence-electron chi connectivity index (χ3n) is 4.64. The molecule has 1 atom stereocenters. The summed E-state index contributed by atoms with van der Waals surface area (Å²) in [5, 5.41) is 3.56. The van der Waals surface area contributed by atoms with Gasteiger partial charge in [0.05, 0.1) is 0 Å². The fourth-order valence-electron chi connectivity index (χ4n) is 3.42. The molecule has 2 rings (SSSR count). The smallest absolute Gasteiger partial charge is 0.410 e. The van der Waals surface area contributed by atoms with Crippen LogP contribution in [0, 0.1) is 0 Å². The molecule has 23 heavy (non-hydrogen) atoms. The van der Waals surface area contributed by atoms with Crippen molar-refractivity contribution in [2.75, 3.05) is 19.6 Å². The molecule has 1 heterocycles. The first-order chi connectivity index (χ1) is 11.0. The van der Waals surface area contributed by atoms with Gasteiger partial charge in [-0.05, 0) is 78.7 Å². The van der Waals surface area contributed by atoms with E-state index in [9.17, 15) is 4.79 Å². The minimum absolute atomic E-state index is 0.154. The van der Waals surface area contributed by atoms with Crippen LogP contribution in [-0.2, 0) is 4.74 Å². The molecule has 1 aliphatic heterocycles. The van der Waals surface area contributed by atoms with E-state index < -0.39 is 5.60 Å². The molecule has 1 unspecified atom stereocenters. The van der Waals surface area contributed by atoms with Crippen molar-refractivity contribution in [3.63, 3.8) is 0 Å². The highest BCUT2D eigenvalue weighted by Gasteiger charge is 2.30. The second-order valence-electron chi connectivity index (χ2n) is 7.89. The van der Waals surface area contributed by atoms with Gasteiger partial charge in [0.15, 0.2) is 0 Å². The molecule has 0 radical (unpaired) electrons. The number of nitrogens with one attached hydrogen (secondary N) is 1. The van der Waals surface area contributed by atoms with Crippen LogP contribution in [-0.4, -0.2) is 42.3 Å². The van der Waals surface area contributed by atoms with Gasteiger partial charge in [0.25, 0.3) is 0 Å². The Labute approximate surface area is 141 Å². The molecule has 0 bridgehead atoms. The second-order valence-corrected chi connectivity index (χ2v) is 7.89. The number of allylic oxidation sites excluding steroid dienone is 1. The molecule has 1 aliphatic carbocycles. The molecule has 1 N–H and O–H groups in total. The fourth-order valence-corrected chi connectivity index (χ4v) is 3.42. The zero-order valence-electron chi connectivity index (χ0n) is 15.2. The van der Waals surface area contributed by atoms with E-state index in [-0.39, 0.29) is 12.1 Å². The Hall–Kier alpha value is -1.03. The van der Waals surface area contributed by atoms with Crippen LogP contribution in [0.3, 0.4) is 0 Å². The van der Waals surface area contributed by atoms with Crippen molar-refractivity contribution in [3.05, 3.63) is 11.6 Å². The van der Waals surface area contributed by atoms with E-state index in [0.717, 1.165) is 38.9 Å². The predicted molar refractivity (Wildman–Crippen MR) is 94.6 cm³/mol. The van der Waals surface area contributed by atoms with E-state index in [4.69, 9.17) is 4.74 Å². The Bertz CT molecular complexity index is 412. The summed E-state index contributed by atoms with van der Waals surface area (Å²) in [5.74, 6) is 0. The summed E-state index contributed by atoms with van der Waals surface area (Å²) in [5.41, 5.74) is 1.19. The van der Waals surface area contributed by atoms with Gasteiger partial charge in [-0.3, -0.25) is 0 Å². The number of hydrogen-bond acceptors (Lipinski definition) is 3. The minimum atomic E-state index is -0.417. The summed E-state index contributed by atoms with van der Waals surface area (Å²) in [6, 6.07) is 0.277. The minimum Gasteiger partial charge on any atom is -0.444 e. The van der Waals surface area contributed by atoms with Crippen LogP contribution in [0.2, 0.25) is 0 Å². The van der Waals surface area contributed by atoms with Gasteiger partial charge in [0, 0.05) is 19.1 Å². The number of amides is 1. The van der Waals surface area contributed by atoms with Crippen molar-refractivity contribution >= 4 is 6.09 Å². The predicted octanol–water partition coefficient (Wildman–Crippen LogP) is 4.26. The first-order valence-corrected chi connectivity index (χ1v) is 9.34. The Kier molecular flexibility index (Phi) is 6.94.